The summed E-state index contributed by atoms with van der Waals surface area (Å²) in [6, 6.07) is 25.6. The molecule has 0 fully saturated rings. The maximum Gasteiger partial charge on any atom is 0.282 e. The third-order valence-corrected chi connectivity index (χ3v) is 7.40. The van der Waals surface area contributed by atoms with Gasteiger partial charge in [-0.3, -0.25) is 4.79 Å². The van der Waals surface area contributed by atoms with Crippen LogP contribution in [0.1, 0.15) is 11.1 Å². The number of ether oxygens (including phenoxy) is 3. The zero-order valence-corrected chi connectivity index (χ0v) is 24.8. The van der Waals surface area contributed by atoms with Crippen molar-refractivity contribution in [2.75, 3.05) is 14.2 Å². The molecule has 8 nitrogen and oxygen atoms in total. The first-order valence-corrected chi connectivity index (χ1v) is 14.0. The van der Waals surface area contributed by atoms with Gasteiger partial charge in [0.25, 0.3) is 5.56 Å². The molecule has 0 saturated heterocycles. The van der Waals surface area contributed by atoms with Gasteiger partial charge in [-0.1, -0.05) is 57.9 Å². The van der Waals surface area contributed by atoms with Gasteiger partial charge < -0.3 is 18.6 Å². The number of furan rings is 1. The van der Waals surface area contributed by atoms with Crippen molar-refractivity contribution in [2.24, 2.45) is 5.10 Å². The highest BCUT2D eigenvalue weighted by molar-refractivity contribution is 9.10. The van der Waals surface area contributed by atoms with E-state index in [1.165, 1.54) is 18.0 Å². The summed E-state index contributed by atoms with van der Waals surface area (Å²) < 4.78 is 25.3. The van der Waals surface area contributed by atoms with Gasteiger partial charge in [-0.05, 0) is 65.7 Å². The molecule has 0 aliphatic carbocycles. The van der Waals surface area contributed by atoms with Crippen LogP contribution in [0.5, 0.6) is 17.2 Å². The Bertz CT molecular complexity index is 2020. The normalized spacial score (nSPS) is 11.4. The monoisotopic (exact) mass is 643 g/mol. The number of benzene rings is 4. The van der Waals surface area contributed by atoms with Crippen molar-refractivity contribution >= 4 is 55.6 Å². The average Bonchev–Trinajstić information content (AvgIpc) is 3.45. The number of fused-ring (bicyclic) bond motifs is 2. The Kier molecular flexibility index (Phi) is 7.69. The van der Waals surface area contributed by atoms with Crippen LogP contribution in [-0.4, -0.2) is 30.1 Å². The summed E-state index contributed by atoms with van der Waals surface area (Å²) in [5, 5.41) is 6.03. The zero-order valence-electron chi connectivity index (χ0n) is 22.5. The molecular formula is C32H23BrClN3O5. The molecule has 6 aromatic rings. The van der Waals surface area contributed by atoms with Gasteiger partial charge in [-0.25, -0.2) is 4.98 Å². The van der Waals surface area contributed by atoms with Crippen LogP contribution in [-0.2, 0) is 6.61 Å². The van der Waals surface area contributed by atoms with Gasteiger partial charge in [0.1, 0.15) is 17.9 Å². The number of para-hydroxylation sites is 1. The molecule has 6 rings (SSSR count). The van der Waals surface area contributed by atoms with Crippen molar-refractivity contribution in [3.63, 3.8) is 0 Å². The molecule has 2 aromatic heterocycles. The van der Waals surface area contributed by atoms with E-state index in [2.05, 4.69) is 21.0 Å². The molecule has 0 saturated carbocycles. The first kappa shape index (κ1) is 27.6. The Morgan fingerprint density at radius 2 is 1.74 bits per heavy atom. The first-order chi connectivity index (χ1) is 20.4. The third kappa shape index (κ3) is 5.36. The van der Waals surface area contributed by atoms with Crippen molar-refractivity contribution in [3.8, 4) is 28.8 Å². The van der Waals surface area contributed by atoms with Crippen LogP contribution in [0, 0.1) is 0 Å². The maximum absolute atomic E-state index is 13.6. The highest BCUT2D eigenvalue weighted by atomic mass is 79.9. The molecule has 0 aliphatic rings. The van der Waals surface area contributed by atoms with Gasteiger partial charge in [0, 0.05) is 4.47 Å². The standard InChI is InChI=1S/C32H23BrClN3O5/c1-39-26-8-5-9-27-23(26)16-29(42-27)31-36-25-7-4-3-6-22(25)32(38)37(31)35-17-20-14-24(34)30(28(15-20)40-2)41-18-19-10-12-21(33)13-11-19/h3-17H,18H2,1-2H3. The molecule has 0 unspecified atom stereocenters. The fourth-order valence-corrected chi connectivity index (χ4v) is 5.07. The van der Waals surface area contributed by atoms with Crippen molar-refractivity contribution in [2.45, 2.75) is 6.61 Å². The third-order valence-electron chi connectivity index (χ3n) is 6.59. The van der Waals surface area contributed by atoms with Crippen LogP contribution < -0.4 is 19.8 Å². The molecule has 210 valence electrons. The van der Waals surface area contributed by atoms with E-state index in [1.807, 2.05) is 48.5 Å². The van der Waals surface area contributed by atoms with Crippen LogP contribution in [0.2, 0.25) is 5.02 Å². The minimum absolute atomic E-state index is 0.237. The zero-order chi connectivity index (χ0) is 29.2. The second-order valence-corrected chi connectivity index (χ2v) is 10.6. The Morgan fingerprint density at radius 1 is 0.952 bits per heavy atom. The molecule has 0 bridgehead atoms. The van der Waals surface area contributed by atoms with E-state index in [4.69, 9.17) is 35.2 Å². The summed E-state index contributed by atoms with van der Waals surface area (Å²) in [7, 11) is 3.12. The predicted octanol–water partition coefficient (Wildman–Crippen LogP) is 7.70. The molecule has 2 heterocycles. The summed E-state index contributed by atoms with van der Waals surface area (Å²) in [4.78, 5) is 18.4. The van der Waals surface area contributed by atoms with E-state index in [1.54, 1.807) is 43.5 Å². The van der Waals surface area contributed by atoms with Gasteiger partial charge in [0.15, 0.2) is 17.3 Å². The lowest BCUT2D eigenvalue weighted by atomic mass is 10.2. The summed E-state index contributed by atoms with van der Waals surface area (Å²) >= 11 is 10.0. The molecule has 4 aromatic carbocycles. The fraction of sp³-hybridized carbons (Fsp3) is 0.0938. The Labute approximate surface area is 253 Å². The quantitative estimate of drug-likeness (QED) is 0.158. The molecule has 0 spiro atoms. The molecule has 0 amide bonds. The maximum atomic E-state index is 13.6. The molecule has 10 heteroatoms. The molecular weight excluding hydrogens is 622 g/mol. The average molecular weight is 645 g/mol. The number of halogens is 2. The Hall–Kier alpha value is -4.60. The second kappa shape index (κ2) is 11.7. The summed E-state index contributed by atoms with van der Waals surface area (Å²) in [5.41, 5.74) is 2.32. The Balaban J connectivity index is 1.40. The lowest BCUT2D eigenvalue weighted by Gasteiger charge is -2.13. The highest BCUT2D eigenvalue weighted by Gasteiger charge is 2.18. The lowest BCUT2D eigenvalue weighted by Crippen LogP contribution is -2.20. The van der Waals surface area contributed by atoms with Crippen molar-refractivity contribution in [3.05, 3.63) is 116 Å². The number of rotatable bonds is 8. The van der Waals surface area contributed by atoms with Gasteiger partial charge in [-0.2, -0.15) is 9.78 Å². The number of hydrogen-bond acceptors (Lipinski definition) is 7. The molecule has 42 heavy (non-hydrogen) atoms. The first-order valence-electron chi connectivity index (χ1n) is 12.8. The smallest absolute Gasteiger partial charge is 0.282 e. The fourth-order valence-electron chi connectivity index (χ4n) is 4.53. The number of methoxy groups -OCH3 is 2. The predicted molar refractivity (Wildman–Crippen MR) is 167 cm³/mol. The minimum Gasteiger partial charge on any atom is -0.496 e. The molecule has 0 atom stereocenters. The number of hydrogen-bond donors (Lipinski definition) is 0. The largest absolute Gasteiger partial charge is 0.496 e. The van der Waals surface area contributed by atoms with E-state index in [0.29, 0.717) is 56.7 Å². The van der Waals surface area contributed by atoms with E-state index in [-0.39, 0.29) is 11.4 Å². The molecule has 0 N–H and O–H groups in total. The highest BCUT2D eigenvalue weighted by Crippen LogP contribution is 2.37. The lowest BCUT2D eigenvalue weighted by molar-refractivity contribution is 0.284. The van der Waals surface area contributed by atoms with Crippen LogP contribution in [0.4, 0.5) is 0 Å². The van der Waals surface area contributed by atoms with Gasteiger partial charge in [-0.15, -0.1) is 0 Å². The van der Waals surface area contributed by atoms with Crippen molar-refractivity contribution in [1.29, 1.82) is 0 Å². The second-order valence-electron chi connectivity index (χ2n) is 9.25. The summed E-state index contributed by atoms with van der Waals surface area (Å²) in [6.45, 7) is 0.306. The van der Waals surface area contributed by atoms with Gasteiger partial charge in [0.2, 0.25) is 5.82 Å². The topological polar surface area (TPSA) is 88.1 Å². The van der Waals surface area contributed by atoms with E-state index in [9.17, 15) is 4.79 Å². The molecule has 0 aliphatic heterocycles. The van der Waals surface area contributed by atoms with Crippen molar-refractivity contribution in [1.82, 2.24) is 9.66 Å². The van der Waals surface area contributed by atoms with Crippen molar-refractivity contribution < 1.29 is 18.6 Å². The van der Waals surface area contributed by atoms with Gasteiger partial charge in [0.05, 0.1) is 41.7 Å². The van der Waals surface area contributed by atoms with Crippen LogP contribution in [0.25, 0.3) is 33.5 Å². The Morgan fingerprint density at radius 3 is 2.52 bits per heavy atom. The number of aromatic nitrogens is 2. The van der Waals surface area contributed by atoms with E-state index < -0.39 is 0 Å². The van der Waals surface area contributed by atoms with Crippen LogP contribution in [0.3, 0.4) is 0 Å². The van der Waals surface area contributed by atoms with Crippen LogP contribution >= 0.6 is 27.5 Å². The number of nitrogens with zero attached hydrogens (tertiary/aromatic N) is 3. The van der Waals surface area contributed by atoms with Gasteiger partial charge >= 0.3 is 0 Å². The SMILES string of the molecule is COc1cc(C=Nn2c(-c3cc4c(OC)cccc4o3)nc3ccccc3c2=O)cc(Cl)c1OCc1ccc(Br)cc1. The summed E-state index contributed by atoms with van der Waals surface area (Å²) in [5.74, 6) is 2.07. The molecule has 0 radical (unpaired) electrons. The minimum atomic E-state index is -0.355. The van der Waals surface area contributed by atoms with E-state index >= 15 is 0 Å². The van der Waals surface area contributed by atoms with E-state index in [0.717, 1.165) is 15.4 Å². The summed E-state index contributed by atoms with van der Waals surface area (Å²) in [6.07, 6.45) is 1.51. The van der Waals surface area contributed by atoms with Crippen LogP contribution in [0.15, 0.2) is 104 Å².